The van der Waals surface area contributed by atoms with Crippen molar-refractivity contribution in [2.75, 3.05) is 0 Å². The Morgan fingerprint density at radius 2 is 1.11 bits per heavy atom. The first-order valence-corrected chi connectivity index (χ1v) is 3.41. The third-order valence-electron chi connectivity index (χ3n) is 0. The Hall–Kier alpha value is 0.737. The summed E-state index contributed by atoms with van der Waals surface area (Å²) in [6.07, 6.45) is 0. The van der Waals surface area contributed by atoms with E-state index in [0.717, 1.165) is 0 Å². The van der Waals surface area contributed by atoms with Crippen LogP contribution in [0.1, 0.15) is 1.43 Å². The number of hydrogen-bond acceptors (Lipinski definition) is 4. The van der Waals surface area contributed by atoms with Gasteiger partial charge in [-0.3, -0.25) is 18.7 Å². The third kappa shape index (κ3) is 729. The van der Waals surface area contributed by atoms with Gasteiger partial charge in [0.25, 0.3) is 0 Å². The summed E-state index contributed by atoms with van der Waals surface area (Å²) in [6, 6.07) is 0. The second kappa shape index (κ2) is 11.5. The molecule has 0 saturated carbocycles. The molecule has 0 saturated heterocycles. The van der Waals surface area contributed by atoms with Crippen molar-refractivity contribution in [2.45, 2.75) is 0 Å². The first-order valence-electron chi connectivity index (χ1n) is 1.14. The molecule has 0 aliphatic heterocycles. The molecule has 6 nitrogen and oxygen atoms in total. The molecule has 2 atom stereocenters. The van der Waals surface area contributed by atoms with Crippen LogP contribution in [0.15, 0.2) is 0 Å². The molecule has 9 heteroatoms. The van der Waals surface area contributed by atoms with Gasteiger partial charge in [0.15, 0.2) is 0 Å². The van der Waals surface area contributed by atoms with Crippen LogP contribution in [0.5, 0.6) is 0 Å². The quantitative estimate of drug-likeness (QED) is 0.276. The summed E-state index contributed by atoms with van der Waals surface area (Å²) in [4.78, 5) is 0. The molecule has 0 radical (unpaired) electrons. The van der Waals surface area contributed by atoms with Crippen LogP contribution in [0, 0.1) is 0 Å². The Morgan fingerprint density at radius 1 is 1.11 bits per heavy atom. The predicted octanol–water partition coefficient (Wildman–Crippen LogP) is -5.41. The molecule has 0 heterocycles. The molecule has 0 aromatic carbocycles. The maximum atomic E-state index is 8.78. The second-order valence-corrected chi connectivity index (χ2v) is 1.56. The smallest absolute Gasteiger partial charge is 1.00 e. The molecule has 4 N–H and O–H groups in total. The fourth-order valence-corrected chi connectivity index (χ4v) is 0. The van der Waals surface area contributed by atoms with E-state index in [1.54, 1.807) is 0 Å². The van der Waals surface area contributed by atoms with Crippen LogP contribution in [0.3, 0.4) is 0 Å². The van der Waals surface area contributed by atoms with Crippen molar-refractivity contribution in [3.8, 4) is 0 Å². The van der Waals surface area contributed by atoms with Gasteiger partial charge in [-0.25, -0.2) is 0 Å². The maximum absolute atomic E-state index is 8.78. The van der Waals surface area contributed by atoms with E-state index in [0.29, 0.717) is 0 Å². The number of nitrogens with two attached hydrogens (primary N) is 2. The Labute approximate surface area is 70.9 Å². The van der Waals surface area contributed by atoms with Gasteiger partial charge in [-0.2, -0.15) is 0 Å². The standard InChI is InChI=1S/Li.2H3NO2S.H/c;2*1-4(2)3;/h;2*1H2,(H,2,3);/q+1;;;-1/p-2. The van der Waals surface area contributed by atoms with Gasteiger partial charge in [-0.05, 0) is 0 Å². The van der Waals surface area contributed by atoms with Gasteiger partial charge in [0.05, 0.1) is 0 Å². The first kappa shape index (κ1) is 16.4. The van der Waals surface area contributed by atoms with E-state index in [1.807, 2.05) is 0 Å². The van der Waals surface area contributed by atoms with Gasteiger partial charge in [-0.15, -0.1) is 0 Å². The van der Waals surface area contributed by atoms with Crippen molar-refractivity contribution in [1.82, 2.24) is 0 Å². The van der Waals surface area contributed by atoms with Crippen LogP contribution in [-0.4, -0.2) is 17.5 Å². The Bertz CT molecular complexity index is 79.3. The number of rotatable bonds is 0. The SMILES string of the molecule is NS(=O)[O-].NS(=O)[O-].[H-].[Li+]. The molecule has 0 aliphatic rings. The Kier molecular flexibility index (Phi) is 21.0. The molecule has 54 valence electrons. The molecule has 0 fully saturated rings. The topological polar surface area (TPSA) is 132 Å². The number of hydrogen-bond donors (Lipinski definition) is 2. The zero-order chi connectivity index (χ0) is 7.15. The third-order valence-corrected chi connectivity index (χ3v) is 0. The minimum Gasteiger partial charge on any atom is -1.00 e. The summed E-state index contributed by atoms with van der Waals surface area (Å²) >= 11 is -4.72. The van der Waals surface area contributed by atoms with Crippen molar-refractivity contribution in [3.05, 3.63) is 0 Å². The molecule has 2 unspecified atom stereocenters. The monoisotopic (exact) mass is 168 g/mol. The van der Waals surface area contributed by atoms with E-state index in [2.05, 4.69) is 10.3 Å². The van der Waals surface area contributed by atoms with Gasteiger partial charge in [-0.1, -0.05) is 0 Å². The zero-order valence-electron chi connectivity index (χ0n) is 5.60. The van der Waals surface area contributed by atoms with Crippen molar-refractivity contribution in [3.63, 3.8) is 0 Å². The van der Waals surface area contributed by atoms with Gasteiger partial charge >= 0.3 is 18.9 Å². The summed E-state index contributed by atoms with van der Waals surface area (Å²) in [5.41, 5.74) is 0. The molecule has 0 aromatic heterocycles. The molecule has 0 aliphatic carbocycles. The van der Waals surface area contributed by atoms with Crippen molar-refractivity contribution in [2.24, 2.45) is 10.3 Å². The predicted molar refractivity (Wildman–Crippen MR) is 27.3 cm³/mol. The molecule has 9 heavy (non-hydrogen) atoms. The fourth-order valence-electron chi connectivity index (χ4n) is 0. The van der Waals surface area contributed by atoms with E-state index < -0.39 is 22.5 Å². The van der Waals surface area contributed by atoms with Crippen LogP contribution in [0.4, 0.5) is 0 Å². The van der Waals surface area contributed by atoms with E-state index in [1.165, 1.54) is 0 Å². The summed E-state index contributed by atoms with van der Waals surface area (Å²) < 4.78 is 35.1. The minimum atomic E-state index is -2.36. The van der Waals surface area contributed by atoms with Crippen LogP contribution < -0.4 is 29.1 Å². The molecule has 0 rings (SSSR count). The average Bonchev–Trinajstić information content (AvgIpc) is 1.25. The van der Waals surface area contributed by atoms with E-state index in [4.69, 9.17) is 17.5 Å². The van der Waals surface area contributed by atoms with Gasteiger partial charge in [0.1, 0.15) is 0 Å². The Morgan fingerprint density at radius 3 is 1.11 bits per heavy atom. The van der Waals surface area contributed by atoms with Gasteiger partial charge in [0.2, 0.25) is 0 Å². The Balaban J connectivity index is -0.0000000300. The average molecular weight is 168 g/mol. The zero-order valence-corrected chi connectivity index (χ0v) is 6.24. The minimum absolute atomic E-state index is 0. The normalized spacial score (nSPS) is 13.8. The van der Waals surface area contributed by atoms with Crippen molar-refractivity contribution in [1.29, 1.82) is 0 Å². The van der Waals surface area contributed by atoms with E-state index in [9.17, 15) is 0 Å². The van der Waals surface area contributed by atoms with Gasteiger partial charge in [0, 0.05) is 22.5 Å². The molecule has 0 bridgehead atoms. The van der Waals surface area contributed by atoms with Crippen LogP contribution in [-0.2, 0) is 22.5 Å². The molecule has 0 aromatic rings. The van der Waals surface area contributed by atoms with Crippen LogP contribution in [0.25, 0.3) is 0 Å². The summed E-state index contributed by atoms with van der Waals surface area (Å²) in [6.45, 7) is 0. The molecular formula is H5LiN2O4S2-2. The van der Waals surface area contributed by atoms with Crippen molar-refractivity contribution >= 4 is 22.5 Å². The summed E-state index contributed by atoms with van der Waals surface area (Å²) in [5.74, 6) is 0. The molecular weight excluding hydrogens is 163 g/mol. The second-order valence-electron chi connectivity index (χ2n) is 0.521. The largest absolute Gasteiger partial charge is 1.00 e. The molecule has 0 spiro atoms. The fraction of sp³-hybridized carbons (Fsp3) is 0. The summed E-state index contributed by atoms with van der Waals surface area (Å²) in [7, 11) is 0. The van der Waals surface area contributed by atoms with E-state index in [-0.39, 0.29) is 20.3 Å². The van der Waals surface area contributed by atoms with Crippen LogP contribution in [0.2, 0.25) is 0 Å². The van der Waals surface area contributed by atoms with Gasteiger partial charge < -0.3 is 10.5 Å². The summed E-state index contributed by atoms with van der Waals surface area (Å²) in [5, 5.41) is 8.06. The van der Waals surface area contributed by atoms with Crippen molar-refractivity contribution < 1.29 is 37.8 Å². The molecule has 0 amide bonds. The van der Waals surface area contributed by atoms with E-state index >= 15 is 0 Å². The maximum Gasteiger partial charge on any atom is 1.00 e. The van der Waals surface area contributed by atoms with Crippen LogP contribution >= 0.6 is 0 Å². The first-order chi connectivity index (χ1) is 3.46.